The van der Waals surface area contributed by atoms with Crippen LogP contribution in [0.2, 0.25) is 0 Å². The van der Waals surface area contributed by atoms with Crippen LogP contribution in [0.3, 0.4) is 0 Å². The summed E-state index contributed by atoms with van der Waals surface area (Å²) in [6.07, 6.45) is 0. The van der Waals surface area contributed by atoms with Gasteiger partial charge in [0.05, 0.1) is 0 Å². The molecule has 0 aromatic heterocycles. The number of carbonyl (C=O) groups is 2. The first-order valence-corrected chi connectivity index (χ1v) is 2.27. The highest BCUT2D eigenvalue weighted by molar-refractivity contribution is 5.93. The van der Waals surface area contributed by atoms with Gasteiger partial charge in [-0.15, -0.1) is 0 Å². The number of carbonyl (C=O) groups excluding carboxylic acids is 2. The third-order valence-corrected chi connectivity index (χ3v) is 0.786. The highest BCUT2D eigenvalue weighted by Crippen LogP contribution is 2.03. The molecule has 0 spiro atoms. The van der Waals surface area contributed by atoms with Gasteiger partial charge in [-0.05, 0) is 6.58 Å². The van der Waals surface area contributed by atoms with E-state index in [1.807, 2.05) is 0 Å². The van der Waals surface area contributed by atoms with Gasteiger partial charge in [-0.2, -0.15) is 0 Å². The van der Waals surface area contributed by atoms with Crippen LogP contribution in [0.5, 0.6) is 0 Å². The van der Waals surface area contributed by atoms with E-state index < -0.39 is 11.9 Å². The zero-order valence-corrected chi connectivity index (χ0v) is 4.55. The molecule has 48 valence electrons. The number of esters is 2. The summed E-state index contributed by atoms with van der Waals surface area (Å²) in [5.74, 6) is -1.50. The van der Waals surface area contributed by atoms with Crippen molar-refractivity contribution in [1.82, 2.24) is 0 Å². The van der Waals surface area contributed by atoms with E-state index in [0.29, 0.717) is 0 Å². The molecule has 1 saturated heterocycles. The monoisotopic (exact) mass is 128 g/mol. The molecule has 1 aliphatic heterocycles. The Morgan fingerprint density at radius 2 is 2.11 bits per heavy atom. The van der Waals surface area contributed by atoms with Crippen molar-refractivity contribution in [3.05, 3.63) is 12.3 Å². The zero-order valence-electron chi connectivity index (χ0n) is 4.55. The van der Waals surface area contributed by atoms with E-state index in [4.69, 9.17) is 0 Å². The number of hydrogen-bond donors (Lipinski definition) is 0. The molecule has 0 aliphatic carbocycles. The maximum atomic E-state index is 10.3. The van der Waals surface area contributed by atoms with Crippen LogP contribution in [0.1, 0.15) is 0 Å². The van der Waals surface area contributed by atoms with Crippen LogP contribution in [-0.4, -0.2) is 18.5 Å². The Morgan fingerprint density at radius 1 is 1.44 bits per heavy atom. The van der Waals surface area contributed by atoms with Crippen molar-refractivity contribution < 1.29 is 19.1 Å². The molecule has 0 bridgehead atoms. The maximum Gasteiger partial charge on any atom is 0.374 e. The summed E-state index contributed by atoms with van der Waals surface area (Å²) < 4.78 is 8.58. The van der Waals surface area contributed by atoms with Gasteiger partial charge in [-0.1, -0.05) is 0 Å². The Morgan fingerprint density at radius 3 is 2.56 bits per heavy atom. The number of ether oxygens (including phenoxy) is 2. The molecule has 9 heavy (non-hydrogen) atoms. The third kappa shape index (κ3) is 1.07. The van der Waals surface area contributed by atoms with Gasteiger partial charge in [0.1, 0.15) is 0 Å². The predicted octanol–water partition coefficient (Wildman–Crippen LogP) is -0.400. The Kier molecular flexibility index (Phi) is 1.22. The Hall–Kier alpha value is -1.32. The molecule has 1 rings (SSSR count). The van der Waals surface area contributed by atoms with Crippen molar-refractivity contribution in [2.75, 3.05) is 6.61 Å². The molecule has 0 aromatic rings. The van der Waals surface area contributed by atoms with Gasteiger partial charge >= 0.3 is 11.9 Å². The number of cyclic esters (lactones) is 2. The smallest absolute Gasteiger partial charge is 0.374 e. The molecular formula is C5H4O4. The summed E-state index contributed by atoms with van der Waals surface area (Å²) in [5.41, 5.74) is 0. The lowest BCUT2D eigenvalue weighted by molar-refractivity contribution is -0.166. The van der Waals surface area contributed by atoms with Crippen molar-refractivity contribution in [2.24, 2.45) is 0 Å². The van der Waals surface area contributed by atoms with Crippen LogP contribution < -0.4 is 0 Å². The average molecular weight is 128 g/mol. The van der Waals surface area contributed by atoms with Gasteiger partial charge in [0.25, 0.3) is 0 Å². The van der Waals surface area contributed by atoms with Gasteiger partial charge < -0.3 is 9.47 Å². The van der Waals surface area contributed by atoms with Crippen LogP contribution in [0.15, 0.2) is 12.3 Å². The number of rotatable bonds is 0. The predicted molar refractivity (Wildman–Crippen MR) is 26.2 cm³/mol. The van der Waals surface area contributed by atoms with Crippen molar-refractivity contribution in [3.63, 3.8) is 0 Å². The molecule has 4 nitrogen and oxygen atoms in total. The minimum Gasteiger partial charge on any atom is -0.448 e. The summed E-state index contributed by atoms with van der Waals surface area (Å²) in [6, 6.07) is 0. The lowest BCUT2D eigenvalue weighted by atomic mass is 10.5. The van der Waals surface area contributed by atoms with Crippen LogP contribution in [0, 0.1) is 0 Å². The fraction of sp³-hybridized carbons (Fsp3) is 0.200. The first kappa shape index (κ1) is 5.81. The van der Waals surface area contributed by atoms with Gasteiger partial charge in [0.15, 0.2) is 6.61 Å². The van der Waals surface area contributed by atoms with E-state index >= 15 is 0 Å². The molecule has 0 aromatic carbocycles. The van der Waals surface area contributed by atoms with Gasteiger partial charge in [0.2, 0.25) is 5.76 Å². The SMILES string of the molecule is C=C1OC(=O)COC1=O. The highest BCUT2D eigenvalue weighted by atomic mass is 16.6. The summed E-state index contributed by atoms with van der Waals surface area (Å²) >= 11 is 0. The average Bonchev–Trinajstić information content (AvgIpc) is 1.80. The lowest BCUT2D eigenvalue weighted by Gasteiger charge is -2.11. The Bertz CT molecular complexity index is 181. The van der Waals surface area contributed by atoms with Crippen molar-refractivity contribution in [3.8, 4) is 0 Å². The largest absolute Gasteiger partial charge is 0.448 e. The fourth-order valence-corrected chi connectivity index (χ4v) is 0.414. The van der Waals surface area contributed by atoms with Gasteiger partial charge in [-0.25, -0.2) is 9.59 Å². The highest BCUT2D eigenvalue weighted by Gasteiger charge is 2.21. The second-order valence-corrected chi connectivity index (χ2v) is 1.47. The topological polar surface area (TPSA) is 52.6 Å². The Balaban J connectivity index is 2.64. The van der Waals surface area contributed by atoms with E-state index in [2.05, 4.69) is 16.1 Å². The van der Waals surface area contributed by atoms with E-state index in [0.717, 1.165) is 0 Å². The zero-order chi connectivity index (χ0) is 6.85. The van der Waals surface area contributed by atoms with Crippen molar-refractivity contribution in [2.45, 2.75) is 0 Å². The van der Waals surface area contributed by atoms with Crippen LogP contribution >= 0.6 is 0 Å². The van der Waals surface area contributed by atoms with E-state index in [9.17, 15) is 9.59 Å². The molecule has 1 fully saturated rings. The van der Waals surface area contributed by atoms with Crippen molar-refractivity contribution in [1.29, 1.82) is 0 Å². The molecule has 0 atom stereocenters. The van der Waals surface area contributed by atoms with E-state index in [1.54, 1.807) is 0 Å². The molecule has 0 radical (unpaired) electrons. The first-order chi connectivity index (χ1) is 4.20. The molecular weight excluding hydrogens is 124 g/mol. The molecule has 0 amide bonds. The second-order valence-electron chi connectivity index (χ2n) is 1.47. The summed E-state index contributed by atoms with van der Waals surface area (Å²) in [4.78, 5) is 20.6. The molecule has 0 unspecified atom stereocenters. The molecule has 0 saturated carbocycles. The standard InChI is InChI=1S/C5H4O4/c1-3-5(7)8-2-4(6)9-3/h1-2H2. The van der Waals surface area contributed by atoms with Crippen molar-refractivity contribution >= 4 is 11.9 Å². The minimum absolute atomic E-state index is 0.244. The number of hydrogen-bond acceptors (Lipinski definition) is 4. The molecule has 1 aliphatic rings. The van der Waals surface area contributed by atoms with E-state index in [-0.39, 0.29) is 12.4 Å². The lowest BCUT2D eigenvalue weighted by Crippen LogP contribution is -2.25. The summed E-state index contributed by atoms with van der Waals surface area (Å²) in [5, 5.41) is 0. The second kappa shape index (κ2) is 1.89. The normalized spacial score (nSPS) is 18.9. The first-order valence-electron chi connectivity index (χ1n) is 2.27. The molecule has 1 heterocycles. The van der Waals surface area contributed by atoms with Crippen LogP contribution in [0.4, 0.5) is 0 Å². The fourth-order valence-electron chi connectivity index (χ4n) is 0.414. The van der Waals surface area contributed by atoms with E-state index in [1.165, 1.54) is 0 Å². The molecule has 0 N–H and O–H groups in total. The minimum atomic E-state index is -0.672. The van der Waals surface area contributed by atoms with Gasteiger partial charge in [0, 0.05) is 0 Å². The Labute approximate surface area is 51.1 Å². The summed E-state index contributed by atoms with van der Waals surface area (Å²) in [6.45, 7) is 2.82. The van der Waals surface area contributed by atoms with Crippen LogP contribution in [-0.2, 0) is 19.1 Å². The third-order valence-electron chi connectivity index (χ3n) is 0.786. The van der Waals surface area contributed by atoms with Gasteiger partial charge in [-0.3, -0.25) is 0 Å². The quantitative estimate of drug-likeness (QED) is 0.329. The maximum absolute atomic E-state index is 10.3. The van der Waals surface area contributed by atoms with Crippen LogP contribution in [0.25, 0.3) is 0 Å². The summed E-state index contributed by atoms with van der Waals surface area (Å²) in [7, 11) is 0. The molecule has 4 heteroatoms.